The van der Waals surface area contributed by atoms with Gasteiger partial charge in [-0.1, -0.05) is 13.8 Å². The van der Waals surface area contributed by atoms with E-state index in [2.05, 4.69) is 24.1 Å². The first-order valence-electron chi connectivity index (χ1n) is 6.92. The average molecular weight is 297 g/mol. The van der Waals surface area contributed by atoms with Crippen LogP contribution in [0.2, 0.25) is 0 Å². The Morgan fingerprint density at radius 2 is 2.15 bits per heavy atom. The summed E-state index contributed by atoms with van der Waals surface area (Å²) >= 11 is 1.42. The van der Waals surface area contributed by atoms with Crippen LogP contribution in [0, 0.1) is 11.8 Å². The third-order valence-electron chi connectivity index (χ3n) is 4.14. The lowest BCUT2D eigenvalue weighted by molar-refractivity contribution is 0.0967. The predicted molar refractivity (Wildman–Crippen MR) is 83.8 cm³/mol. The summed E-state index contributed by atoms with van der Waals surface area (Å²) in [6.45, 7) is 6.51. The van der Waals surface area contributed by atoms with Gasteiger partial charge in [0.2, 0.25) is 0 Å². The molecule has 0 bridgehead atoms. The number of methoxy groups -OCH3 is 1. The molecule has 0 saturated carbocycles. The van der Waals surface area contributed by atoms with E-state index in [0.29, 0.717) is 22.2 Å². The second kappa shape index (κ2) is 5.91. The normalized spacial score (nSPS) is 22.7. The number of hydrogen-bond acceptors (Lipinski definition) is 5. The number of hydrogen-bond donors (Lipinski definition) is 2. The molecule has 0 aliphatic carbocycles. The van der Waals surface area contributed by atoms with Crippen molar-refractivity contribution in [3.8, 4) is 5.75 Å². The van der Waals surface area contributed by atoms with Crippen LogP contribution in [-0.4, -0.2) is 33.2 Å². The van der Waals surface area contributed by atoms with E-state index in [4.69, 9.17) is 10.5 Å². The first-order chi connectivity index (χ1) is 9.49. The quantitative estimate of drug-likeness (QED) is 0.897. The van der Waals surface area contributed by atoms with E-state index >= 15 is 0 Å². The van der Waals surface area contributed by atoms with Gasteiger partial charge >= 0.3 is 0 Å². The van der Waals surface area contributed by atoms with Gasteiger partial charge in [0.05, 0.1) is 7.11 Å². The van der Waals surface area contributed by atoms with E-state index in [9.17, 15) is 4.79 Å². The highest BCUT2D eigenvalue weighted by molar-refractivity contribution is 7.19. The number of thiophene rings is 1. The van der Waals surface area contributed by atoms with Crippen molar-refractivity contribution in [2.75, 3.05) is 37.9 Å². The fourth-order valence-electron chi connectivity index (χ4n) is 2.55. The third kappa shape index (κ3) is 2.57. The highest BCUT2D eigenvalue weighted by atomic mass is 32.1. The van der Waals surface area contributed by atoms with E-state index in [0.717, 1.165) is 30.4 Å². The van der Waals surface area contributed by atoms with Gasteiger partial charge < -0.3 is 20.7 Å². The summed E-state index contributed by atoms with van der Waals surface area (Å²) in [4.78, 5) is 14.7. The molecule has 1 aromatic heterocycles. The van der Waals surface area contributed by atoms with Crippen LogP contribution in [0.1, 0.15) is 29.9 Å². The molecule has 1 aromatic rings. The number of carbonyl (C=O) groups is 1. The Labute approximate surface area is 124 Å². The van der Waals surface area contributed by atoms with Crippen molar-refractivity contribution in [1.82, 2.24) is 5.32 Å². The smallest absolute Gasteiger partial charge is 0.263 e. The lowest BCUT2D eigenvalue weighted by Gasteiger charge is -2.36. The summed E-state index contributed by atoms with van der Waals surface area (Å²) in [5.74, 6) is 1.83. The zero-order valence-corrected chi connectivity index (χ0v) is 13.3. The van der Waals surface area contributed by atoms with Gasteiger partial charge in [0.15, 0.2) is 5.75 Å². The average Bonchev–Trinajstić information content (AvgIpc) is 2.78. The van der Waals surface area contributed by atoms with Crippen LogP contribution in [0.15, 0.2) is 0 Å². The number of nitrogens with two attached hydrogens (primary N) is 1. The Morgan fingerprint density at radius 3 is 2.70 bits per heavy atom. The van der Waals surface area contributed by atoms with Gasteiger partial charge in [-0.15, -0.1) is 11.3 Å². The number of anilines is 2. The standard InChI is InChI=1S/C14H23N3O2S/c1-8-5-6-17(7-9(8)2)14-11(19-4)10(15)12(20-14)13(18)16-3/h8-9H,5-7,15H2,1-4H3,(H,16,18). The number of amides is 1. The molecule has 0 radical (unpaired) electrons. The maximum Gasteiger partial charge on any atom is 0.263 e. The molecule has 1 aliphatic rings. The van der Waals surface area contributed by atoms with Crippen molar-refractivity contribution in [2.45, 2.75) is 20.3 Å². The lowest BCUT2D eigenvalue weighted by Crippen LogP contribution is -2.38. The van der Waals surface area contributed by atoms with Crippen molar-refractivity contribution in [3.05, 3.63) is 4.88 Å². The topological polar surface area (TPSA) is 67.6 Å². The number of nitrogens with one attached hydrogen (secondary N) is 1. The van der Waals surface area contributed by atoms with Crippen LogP contribution in [0.3, 0.4) is 0 Å². The van der Waals surface area contributed by atoms with E-state index < -0.39 is 0 Å². The van der Waals surface area contributed by atoms with Crippen LogP contribution in [0.4, 0.5) is 10.7 Å². The lowest BCUT2D eigenvalue weighted by atomic mass is 9.89. The molecule has 0 spiro atoms. The molecule has 2 rings (SSSR count). The van der Waals surface area contributed by atoms with Crippen molar-refractivity contribution in [2.24, 2.45) is 11.8 Å². The fourth-order valence-corrected chi connectivity index (χ4v) is 3.72. The highest BCUT2D eigenvalue weighted by Gasteiger charge is 2.29. The molecular weight excluding hydrogens is 274 g/mol. The molecule has 2 unspecified atom stereocenters. The van der Waals surface area contributed by atoms with Gasteiger partial charge in [-0.05, 0) is 18.3 Å². The molecule has 1 saturated heterocycles. The van der Waals surface area contributed by atoms with Gasteiger partial charge in [0, 0.05) is 20.1 Å². The molecule has 6 heteroatoms. The van der Waals surface area contributed by atoms with Gasteiger partial charge in [0.25, 0.3) is 5.91 Å². The van der Waals surface area contributed by atoms with Crippen molar-refractivity contribution >= 4 is 27.9 Å². The molecule has 112 valence electrons. The van der Waals surface area contributed by atoms with Crippen LogP contribution in [0.5, 0.6) is 5.75 Å². The SMILES string of the molecule is CNC(=O)c1sc(N2CCC(C)C(C)C2)c(OC)c1N. The summed E-state index contributed by atoms with van der Waals surface area (Å²) in [5.41, 5.74) is 6.50. The highest BCUT2D eigenvalue weighted by Crippen LogP contribution is 2.46. The zero-order valence-electron chi connectivity index (χ0n) is 12.5. The van der Waals surface area contributed by atoms with Gasteiger partial charge in [-0.25, -0.2) is 0 Å². The molecule has 3 N–H and O–H groups in total. The van der Waals surface area contributed by atoms with Crippen LogP contribution in [-0.2, 0) is 0 Å². The molecule has 1 fully saturated rings. The number of ether oxygens (including phenoxy) is 1. The first kappa shape index (κ1) is 15.0. The van der Waals surface area contributed by atoms with Gasteiger partial charge in [-0.2, -0.15) is 0 Å². The molecule has 5 nitrogen and oxygen atoms in total. The van der Waals surface area contributed by atoms with Gasteiger partial charge in [0.1, 0.15) is 15.6 Å². The molecule has 2 atom stereocenters. The van der Waals surface area contributed by atoms with E-state index in [-0.39, 0.29) is 5.91 Å². The Bertz CT molecular complexity index is 501. The van der Waals surface area contributed by atoms with Crippen LogP contribution < -0.4 is 20.7 Å². The summed E-state index contributed by atoms with van der Waals surface area (Å²) in [5, 5.41) is 3.60. The maximum atomic E-state index is 11.9. The number of carbonyl (C=O) groups excluding carboxylic acids is 1. The van der Waals surface area contributed by atoms with Crippen LogP contribution >= 0.6 is 11.3 Å². The second-order valence-corrected chi connectivity index (χ2v) is 6.45. The van der Waals surface area contributed by atoms with Crippen molar-refractivity contribution in [1.29, 1.82) is 0 Å². The van der Waals surface area contributed by atoms with Crippen LogP contribution in [0.25, 0.3) is 0 Å². The summed E-state index contributed by atoms with van der Waals surface area (Å²) < 4.78 is 5.43. The Balaban J connectivity index is 2.34. The Kier molecular flexibility index (Phi) is 4.42. The summed E-state index contributed by atoms with van der Waals surface area (Å²) in [7, 11) is 3.21. The number of nitrogen functional groups attached to an aromatic ring is 1. The largest absolute Gasteiger partial charge is 0.492 e. The Morgan fingerprint density at radius 1 is 1.45 bits per heavy atom. The number of piperidine rings is 1. The molecule has 0 aromatic carbocycles. The third-order valence-corrected chi connectivity index (χ3v) is 5.39. The Hall–Kier alpha value is -1.43. The summed E-state index contributed by atoms with van der Waals surface area (Å²) in [6, 6.07) is 0. The maximum absolute atomic E-state index is 11.9. The second-order valence-electron chi connectivity index (χ2n) is 5.45. The van der Waals surface area contributed by atoms with Crippen molar-refractivity contribution in [3.63, 3.8) is 0 Å². The van der Waals surface area contributed by atoms with E-state index in [1.807, 2.05) is 0 Å². The fraction of sp³-hybridized carbons (Fsp3) is 0.643. The zero-order chi connectivity index (χ0) is 14.9. The predicted octanol–water partition coefficient (Wildman–Crippen LogP) is 2.18. The van der Waals surface area contributed by atoms with E-state index in [1.165, 1.54) is 11.3 Å². The molecule has 1 amide bonds. The monoisotopic (exact) mass is 297 g/mol. The molecule has 1 aliphatic heterocycles. The number of rotatable bonds is 3. The first-order valence-corrected chi connectivity index (χ1v) is 7.74. The minimum Gasteiger partial charge on any atom is -0.492 e. The van der Waals surface area contributed by atoms with E-state index in [1.54, 1.807) is 14.2 Å². The number of nitrogens with zero attached hydrogens (tertiary/aromatic N) is 1. The molecular formula is C14H23N3O2S. The van der Waals surface area contributed by atoms with Crippen molar-refractivity contribution < 1.29 is 9.53 Å². The minimum atomic E-state index is -0.157. The molecule has 2 heterocycles. The minimum absolute atomic E-state index is 0.157. The summed E-state index contributed by atoms with van der Waals surface area (Å²) in [6.07, 6.45) is 1.15. The molecule has 20 heavy (non-hydrogen) atoms. The van der Waals surface area contributed by atoms with Gasteiger partial charge in [-0.3, -0.25) is 4.79 Å².